The summed E-state index contributed by atoms with van der Waals surface area (Å²) in [6, 6.07) is 64.8. The van der Waals surface area contributed by atoms with Gasteiger partial charge in [-0.05, 0) is 218 Å². The number of thioether (sulfide) groups is 1. The van der Waals surface area contributed by atoms with E-state index in [2.05, 4.69) is 62.0 Å². The predicted octanol–water partition coefficient (Wildman–Crippen LogP) is 19.7. The van der Waals surface area contributed by atoms with Crippen LogP contribution in [0.25, 0.3) is 0 Å². The number of hydrogen-bond donors (Lipinski definition) is 5. The van der Waals surface area contributed by atoms with Crippen molar-refractivity contribution in [3.63, 3.8) is 0 Å². The number of anilines is 1. The smallest absolute Gasteiger partial charge is 0.335 e. The maximum atomic E-state index is 12.0. The second-order valence-electron chi connectivity index (χ2n) is 21.4. The lowest BCUT2D eigenvalue weighted by Crippen LogP contribution is -2.13. The summed E-state index contributed by atoms with van der Waals surface area (Å²) in [4.78, 5) is 62.8. The van der Waals surface area contributed by atoms with Crippen LogP contribution in [0.15, 0.2) is 248 Å². The van der Waals surface area contributed by atoms with Gasteiger partial charge in [-0.25, -0.2) is 14.4 Å². The van der Waals surface area contributed by atoms with Crippen LogP contribution in [-0.2, 0) is 4.79 Å². The Kier molecular flexibility index (Phi) is 33.2. The number of carboxylic acid groups (broad SMARTS) is 3. The highest BCUT2D eigenvalue weighted by atomic mass is 79.9. The Labute approximate surface area is 574 Å². The number of carbonyl (C=O) groups is 4. The molecule has 0 bridgehead atoms. The molecule has 1 amide bonds. The number of phenolic OH excluding ortho intramolecular Hbond substituents is 1. The normalized spacial score (nSPS) is 10.8. The van der Waals surface area contributed by atoms with Crippen LogP contribution in [-0.4, -0.2) is 94.7 Å². The Bertz CT molecular complexity index is 3790. The fraction of sp³-hybridized carbons (Fsp3) is 0.205. The number of carboxylic acids is 3. The highest BCUT2D eigenvalue weighted by Gasteiger charge is 2.07. The number of ether oxygens (including phenoxy) is 3. The van der Waals surface area contributed by atoms with E-state index in [0.29, 0.717) is 17.9 Å². The Morgan fingerprint density at radius 3 is 1.19 bits per heavy atom. The summed E-state index contributed by atoms with van der Waals surface area (Å²) in [7, 11) is 0. The SMILES string of the molecule is CCCCCCOc1ccc(C=Nc2ccc(C(=O)O)cc2)cc1.CCCCCCOc1ccc(N=Cc2ccc(C(=O)O)cc2)cc1.CCCOc1ccc(N=Cc2ccc(C(=O)O)cc2)cc1.O=C(CSc1ccc(N=Cc2ccccc2O)cc1)Nc1ccc(Br)cc1. The van der Waals surface area contributed by atoms with Crippen LogP contribution in [0, 0.1) is 0 Å². The van der Waals surface area contributed by atoms with Gasteiger partial charge in [0.1, 0.15) is 23.0 Å². The number of amides is 1. The third-order valence-corrected chi connectivity index (χ3v) is 15.2. The Morgan fingerprint density at radius 1 is 0.417 bits per heavy atom. The van der Waals surface area contributed by atoms with E-state index in [1.54, 1.807) is 116 Å². The maximum absolute atomic E-state index is 12.0. The second kappa shape index (κ2) is 42.7. The molecule has 0 aliphatic heterocycles. The van der Waals surface area contributed by atoms with Crippen molar-refractivity contribution in [3.8, 4) is 23.0 Å². The summed E-state index contributed by atoms with van der Waals surface area (Å²) in [5.74, 6) is 0.249. The molecular weight excluding hydrogens is 1290 g/mol. The summed E-state index contributed by atoms with van der Waals surface area (Å²) < 4.78 is 17.9. The number of aromatic carboxylic acids is 3. The fourth-order valence-corrected chi connectivity index (χ4v) is 9.34. The van der Waals surface area contributed by atoms with Gasteiger partial charge in [0.25, 0.3) is 0 Å². The molecule has 9 aromatic carbocycles. The zero-order valence-corrected chi connectivity index (χ0v) is 56.4. The zero-order valence-electron chi connectivity index (χ0n) is 54.0. The summed E-state index contributed by atoms with van der Waals surface area (Å²) >= 11 is 4.83. The molecule has 16 nitrogen and oxygen atoms in total. The van der Waals surface area contributed by atoms with Crippen LogP contribution >= 0.6 is 27.7 Å². The van der Waals surface area contributed by atoms with Crippen LogP contribution in [0.4, 0.5) is 28.4 Å². The number of nitrogens with one attached hydrogen (secondary N) is 1. The third kappa shape index (κ3) is 29.2. The van der Waals surface area contributed by atoms with Crippen LogP contribution in [0.5, 0.6) is 23.0 Å². The van der Waals surface area contributed by atoms with Crippen molar-refractivity contribution in [2.24, 2.45) is 20.0 Å². The highest BCUT2D eigenvalue weighted by molar-refractivity contribution is 9.10. The predicted molar refractivity (Wildman–Crippen MR) is 392 cm³/mol. The van der Waals surface area contributed by atoms with Crippen molar-refractivity contribution in [1.82, 2.24) is 0 Å². The molecular formula is C78H80BrN5O11S. The van der Waals surface area contributed by atoms with Gasteiger partial charge in [0.2, 0.25) is 5.91 Å². The van der Waals surface area contributed by atoms with Crippen LogP contribution in [0.2, 0.25) is 0 Å². The number of carbonyl (C=O) groups excluding carboxylic acids is 1. The maximum Gasteiger partial charge on any atom is 0.335 e. The molecule has 0 spiro atoms. The van der Waals surface area contributed by atoms with E-state index >= 15 is 0 Å². The number of unbranched alkanes of at least 4 members (excludes halogenated alkanes) is 6. The molecule has 0 heterocycles. The lowest BCUT2D eigenvalue weighted by atomic mass is 10.1. The lowest BCUT2D eigenvalue weighted by molar-refractivity contribution is -0.113. The first kappa shape index (κ1) is 74.6. The number of aromatic hydroxyl groups is 1. The first-order valence-electron chi connectivity index (χ1n) is 31.6. The van der Waals surface area contributed by atoms with E-state index in [9.17, 15) is 24.3 Å². The molecule has 0 aliphatic carbocycles. The van der Waals surface area contributed by atoms with E-state index < -0.39 is 17.9 Å². The number of aliphatic imine (C=N–C) groups is 4. The van der Waals surface area contributed by atoms with E-state index in [1.165, 1.54) is 50.3 Å². The van der Waals surface area contributed by atoms with E-state index in [4.69, 9.17) is 29.5 Å². The number of halogens is 1. The van der Waals surface area contributed by atoms with Crippen molar-refractivity contribution in [1.29, 1.82) is 0 Å². The van der Waals surface area contributed by atoms with Crippen molar-refractivity contribution in [2.45, 2.75) is 83.5 Å². The van der Waals surface area contributed by atoms with Gasteiger partial charge in [-0.15, -0.1) is 11.8 Å². The Hall–Kier alpha value is -10.4. The molecule has 0 fully saturated rings. The zero-order chi connectivity index (χ0) is 68.5. The molecule has 0 radical (unpaired) electrons. The van der Waals surface area contributed by atoms with Gasteiger partial charge < -0.3 is 40.0 Å². The van der Waals surface area contributed by atoms with E-state index in [-0.39, 0.29) is 28.3 Å². The number of para-hydroxylation sites is 1. The number of benzene rings is 9. The summed E-state index contributed by atoms with van der Waals surface area (Å²) in [5.41, 5.74) is 8.07. The van der Waals surface area contributed by atoms with E-state index in [0.717, 1.165) is 104 Å². The van der Waals surface area contributed by atoms with Crippen LogP contribution in [0.3, 0.4) is 0 Å². The van der Waals surface area contributed by atoms with Crippen molar-refractivity contribution in [3.05, 3.63) is 262 Å². The standard InChI is InChI=1S/C21H17BrN2O2S.2C20H23NO3.C17H17NO3/c22-16-5-7-18(8-6-16)24-21(26)14-27-19-11-9-17(10-12-19)23-13-15-3-1-2-4-20(15)25;1-2-3-4-5-14-24-19-12-6-16(7-13-19)15-21-18-10-8-17(9-11-18)20(22)23;1-2-3-4-5-14-24-19-12-10-18(11-13-19)21-15-16-6-8-17(9-7-16)20(22)23;1-2-11-21-16-9-7-15(8-10-16)18-12-13-3-5-14(6-4-13)17(19)20/h1-13,25H,14H2,(H,24,26);2*6-13,15H,2-5,14H2,1H3,(H,22,23);3-10,12H,2,11H2,1H3,(H,19,20). The van der Waals surface area contributed by atoms with Crippen molar-refractivity contribution < 1.29 is 53.8 Å². The quantitative estimate of drug-likeness (QED) is 0.0161. The average molecular weight is 1380 g/mol. The average Bonchev–Trinajstić information content (AvgIpc) is 1.72. The topological polar surface area (TPSA) is 238 Å². The molecule has 9 rings (SSSR count). The van der Waals surface area contributed by atoms with Gasteiger partial charge in [-0.3, -0.25) is 24.8 Å². The number of rotatable bonds is 30. The number of nitrogens with zero attached hydrogens (tertiary/aromatic N) is 4. The molecule has 5 N–H and O–H groups in total. The molecule has 0 aliphatic rings. The van der Waals surface area contributed by atoms with Gasteiger partial charge >= 0.3 is 17.9 Å². The second-order valence-corrected chi connectivity index (χ2v) is 23.3. The molecule has 496 valence electrons. The monoisotopic (exact) mass is 1370 g/mol. The largest absolute Gasteiger partial charge is 0.507 e. The summed E-state index contributed by atoms with van der Waals surface area (Å²) in [5, 5.41) is 39.2. The third-order valence-electron chi connectivity index (χ3n) is 13.7. The molecule has 18 heteroatoms. The summed E-state index contributed by atoms with van der Waals surface area (Å²) in [6.07, 6.45) is 17.3. The number of hydrogen-bond acceptors (Lipinski definition) is 13. The molecule has 0 aromatic heterocycles. The highest BCUT2D eigenvalue weighted by Crippen LogP contribution is 2.25. The lowest BCUT2D eigenvalue weighted by Gasteiger charge is -2.05. The van der Waals surface area contributed by atoms with Crippen molar-refractivity contribution in [2.75, 3.05) is 30.9 Å². The van der Waals surface area contributed by atoms with Gasteiger partial charge in [-0.1, -0.05) is 112 Å². The molecule has 0 saturated carbocycles. The number of phenols is 1. The molecule has 0 saturated heterocycles. The van der Waals surface area contributed by atoms with Gasteiger partial charge in [-0.2, -0.15) is 0 Å². The van der Waals surface area contributed by atoms with Crippen molar-refractivity contribution >= 4 is 105 Å². The minimum atomic E-state index is -0.934. The van der Waals surface area contributed by atoms with Gasteiger partial charge in [0.05, 0.1) is 65.0 Å². The summed E-state index contributed by atoms with van der Waals surface area (Å²) in [6.45, 7) is 8.66. The van der Waals surface area contributed by atoms with Crippen LogP contribution < -0.4 is 19.5 Å². The minimum absolute atomic E-state index is 0.0519. The Morgan fingerprint density at radius 2 is 0.781 bits per heavy atom. The van der Waals surface area contributed by atoms with E-state index in [1.807, 2.05) is 127 Å². The molecule has 9 aromatic rings. The molecule has 96 heavy (non-hydrogen) atoms. The van der Waals surface area contributed by atoms with Crippen LogP contribution in [0.1, 0.15) is 132 Å². The van der Waals surface area contributed by atoms with Gasteiger partial charge in [0.15, 0.2) is 0 Å². The Balaban J connectivity index is 0.000000203. The first-order valence-corrected chi connectivity index (χ1v) is 33.4. The van der Waals surface area contributed by atoms with Gasteiger partial charge in [0, 0.05) is 45.5 Å². The molecule has 0 unspecified atom stereocenters. The fourth-order valence-electron chi connectivity index (χ4n) is 8.37. The minimum Gasteiger partial charge on any atom is -0.507 e. The molecule has 0 atom stereocenters. The first-order chi connectivity index (χ1) is 46.7.